The second kappa shape index (κ2) is 8.61. The van der Waals surface area contributed by atoms with E-state index in [0.29, 0.717) is 37.7 Å². The maximum atomic E-state index is 12.8. The third-order valence-electron chi connectivity index (χ3n) is 5.34. The zero-order valence-electron chi connectivity index (χ0n) is 16.2. The van der Waals surface area contributed by atoms with Crippen LogP contribution >= 0.6 is 0 Å². The number of rotatable bonds is 8. The lowest BCUT2D eigenvalue weighted by Gasteiger charge is -2.21. The first-order chi connectivity index (χ1) is 13.1. The van der Waals surface area contributed by atoms with E-state index in [1.807, 2.05) is 23.1 Å². The Bertz CT molecular complexity index is 689. The van der Waals surface area contributed by atoms with Gasteiger partial charge in [0.05, 0.1) is 26.7 Å². The molecule has 1 aliphatic heterocycles. The van der Waals surface area contributed by atoms with Gasteiger partial charge in [-0.1, -0.05) is 6.07 Å². The number of carbonyl (C=O) groups excluding carboxylic acids is 2. The van der Waals surface area contributed by atoms with E-state index in [0.717, 1.165) is 18.4 Å². The molecule has 0 spiro atoms. The standard InChI is InChI=1S/C20H28N2O5/c1-25-9-8-21-19(23)17-12-22(20(24)13-4-5-13)11-16(17)15-7-6-14(26-2)10-18(15)27-3/h6-7,10,13,16-17H,4-5,8-9,11-12H2,1-3H3,(H,21,23)/t16-,17+/m0/s1. The van der Waals surface area contributed by atoms with Crippen LogP contribution in [0, 0.1) is 11.8 Å². The molecule has 1 aromatic rings. The fourth-order valence-electron chi connectivity index (χ4n) is 3.69. The predicted octanol–water partition coefficient (Wildman–Crippen LogP) is 1.42. The van der Waals surface area contributed by atoms with Gasteiger partial charge >= 0.3 is 0 Å². The summed E-state index contributed by atoms with van der Waals surface area (Å²) in [4.78, 5) is 27.2. The first-order valence-corrected chi connectivity index (χ1v) is 9.36. The van der Waals surface area contributed by atoms with E-state index in [4.69, 9.17) is 14.2 Å². The molecule has 0 radical (unpaired) electrons. The Labute approximate surface area is 160 Å². The van der Waals surface area contributed by atoms with Crippen molar-refractivity contribution in [2.45, 2.75) is 18.8 Å². The van der Waals surface area contributed by atoms with Crippen molar-refractivity contribution in [3.05, 3.63) is 23.8 Å². The van der Waals surface area contributed by atoms with E-state index in [1.54, 1.807) is 21.3 Å². The molecular formula is C20H28N2O5. The number of hydrogen-bond donors (Lipinski definition) is 1. The molecule has 1 N–H and O–H groups in total. The van der Waals surface area contributed by atoms with Gasteiger partial charge in [0.1, 0.15) is 11.5 Å². The summed E-state index contributed by atoms with van der Waals surface area (Å²) >= 11 is 0. The molecule has 7 nitrogen and oxygen atoms in total. The number of ether oxygens (including phenoxy) is 3. The predicted molar refractivity (Wildman–Crippen MR) is 100.0 cm³/mol. The van der Waals surface area contributed by atoms with E-state index in [2.05, 4.69) is 5.32 Å². The molecule has 2 atom stereocenters. The van der Waals surface area contributed by atoms with Gasteiger partial charge in [0.15, 0.2) is 0 Å². The first-order valence-electron chi connectivity index (χ1n) is 9.36. The van der Waals surface area contributed by atoms with Crippen LogP contribution < -0.4 is 14.8 Å². The highest BCUT2D eigenvalue weighted by atomic mass is 16.5. The summed E-state index contributed by atoms with van der Waals surface area (Å²) in [5.74, 6) is 1.19. The quantitative estimate of drug-likeness (QED) is 0.695. The zero-order valence-corrected chi connectivity index (χ0v) is 16.2. The molecule has 2 amide bonds. The van der Waals surface area contributed by atoms with Crippen LogP contribution in [0.4, 0.5) is 0 Å². The van der Waals surface area contributed by atoms with Gasteiger partial charge in [-0.25, -0.2) is 0 Å². The molecule has 1 saturated carbocycles. The second-order valence-electron chi connectivity index (χ2n) is 7.12. The normalized spacial score (nSPS) is 21.8. The van der Waals surface area contributed by atoms with Crippen LogP contribution in [0.3, 0.4) is 0 Å². The van der Waals surface area contributed by atoms with Gasteiger partial charge in [0, 0.05) is 50.2 Å². The summed E-state index contributed by atoms with van der Waals surface area (Å²) in [5, 5.41) is 2.92. The highest BCUT2D eigenvalue weighted by molar-refractivity contribution is 5.85. The number of methoxy groups -OCH3 is 3. The molecule has 148 valence electrons. The van der Waals surface area contributed by atoms with Crippen LogP contribution in [-0.4, -0.2) is 64.3 Å². The SMILES string of the molecule is COCCNC(=O)[C@@H]1CN(C(=O)C2CC2)C[C@H]1c1ccc(OC)cc1OC. The Morgan fingerprint density at radius 3 is 2.56 bits per heavy atom. The Morgan fingerprint density at radius 1 is 1.15 bits per heavy atom. The molecule has 27 heavy (non-hydrogen) atoms. The summed E-state index contributed by atoms with van der Waals surface area (Å²) in [6, 6.07) is 5.62. The van der Waals surface area contributed by atoms with E-state index in [9.17, 15) is 9.59 Å². The zero-order chi connectivity index (χ0) is 19.4. The molecule has 3 rings (SSSR count). The van der Waals surface area contributed by atoms with Gasteiger partial charge in [0.25, 0.3) is 0 Å². The fraction of sp³-hybridized carbons (Fsp3) is 0.600. The second-order valence-corrected chi connectivity index (χ2v) is 7.12. The Balaban J connectivity index is 1.84. The lowest BCUT2D eigenvalue weighted by Crippen LogP contribution is -2.37. The fourth-order valence-corrected chi connectivity index (χ4v) is 3.69. The monoisotopic (exact) mass is 376 g/mol. The number of nitrogens with zero attached hydrogens (tertiary/aromatic N) is 1. The number of carbonyl (C=O) groups is 2. The van der Waals surface area contributed by atoms with E-state index >= 15 is 0 Å². The average Bonchev–Trinajstić information content (AvgIpc) is 3.45. The van der Waals surface area contributed by atoms with Crippen molar-refractivity contribution < 1.29 is 23.8 Å². The first kappa shape index (κ1) is 19.5. The van der Waals surface area contributed by atoms with Gasteiger partial charge in [-0.3, -0.25) is 9.59 Å². The van der Waals surface area contributed by atoms with Gasteiger partial charge in [-0.15, -0.1) is 0 Å². The molecule has 2 aliphatic rings. The molecule has 1 heterocycles. The summed E-state index contributed by atoms with van der Waals surface area (Å²) in [6.45, 7) is 1.88. The molecular weight excluding hydrogens is 348 g/mol. The van der Waals surface area contributed by atoms with Crippen LogP contribution in [-0.2, 0) is 14.3 Å². The Hall–Kier alpha value is -2.28. The summed E-state index contributed by atoms with van der Waals surface area (Å²) in [7, 11) is 4.81. The molecule has 1 aliphatic carbocycles. The van der Waals surface area contributed by atoms with E-state index < -0.39 is 0 Å². The van der Waals surface area contributed by atoms with Crippen LogP contribution in [0.2, 0.25) is 0 Å². The molecule has 7 heteroatoms. The van der Waals surface area contributed by atoms with Gasteiger partial charge in [-0.05, 0) is 18.9 Å². The van der Waals surface area contributed by atoms with E-state index in [1.165, 1.54) is 0 Å². The highest BCUT2D eigenvalue weighted by Gasteiger charge is 2.44. The van der Waals surface area contributed by atoms with Crippen molar-refractivity contribution >= 4 is 11.8 Å². The molecule has 0 unspecified atom stereocenters. The average molecular weight is 376 g/mol. The van der Waals surface area contributed by atoms with Crippen LogP contribution in [0.15, 0.2) is 18.2 Å². The number of amides is 2. The Kier molecular flexibility index (Phi) is 6.21. The number of likely N-dealkylation sites (tertiary alicyclic amines) is 1. The smallest absolute Gasteiger partial charge is 0.225 e. The Morgan fingerprint density at radius 2 is 1.93 bits per heavy atom. The third kappa shape index (κ3) is 4.35. The summed E-state index contributed by atoms with van der Waals surface area (Å²) in [6.07, 6.45) is 1.91. The van der Waals surface area contributed by atoms with Crippen molar-refractivity contribution in [1.29, 1.82) is 0 Å². The summed E-state index contributed by atoms with van der Waals surface area (Å²) < 4.78 is 15.8. The van der Waals surface area contributed by atoms with Crippen molar-refractivity contribution in [3.8, 4) is 11.5 Å². The minimum Gasteiger partial charge on any atom is -0.497 e. The lowest BCUT2D eigenvalue weighted by atomic mass is 9.87. The maximum Gasteiger partial charge on any atom is 0.225 e. The van der Waals surface area contributed by atoms with Gasteiger partial charge in [0.2, 0.25) is 11.8 Å². The molecule has 2 fully saturated rings. The minimum absolute atomic E-state index is 0.0546. The number of hydrogen-bond acceptors (Lipinski definition) is 5. The van der Waals surface area contributed by atoms with E-state index in [-0.39, 0.29) is 29.6 Å². The lowest BCUT2D eigenvalue weighted by molar-refractivity contribution is -0.132. The summed E-state index contributed by atoms with van der Waals surface area (Å²) in [5.41, 5.74) is 0.927. The van der Waals surface area contributed by atoms with Crippen molar-refractivity contribution in [2.75, 3.05) is 47.6 Å². The van der Waals surface area contributed by atoms with Crippen molar-refractivity contribution in [2.24, 2.45) is 11.8 Å². The van der Waals surface area contributed by atoms with Crippen LogP contribution in [0.25, 0.3) is 0 Å². The number of nitrogens with one attached hydrogen (secondary N) is 1. The van der Waals surface area contributed by atoms with Crippen LogP contribution in [0.5, 0.6) is 11.5 Å². The largest absolute Gasteiger partial charge is 0.497 e. The molecule has 0 aromatic heterocycles. The van der Waals surface area contributed by atoms with Crippen molar-refractivity contribution in [1.82, 2.24) is 10.2 Å². The highest BCUT2D eigenvalue weighted by Crippen LogP contribution is 2.41. The minimum atomic E-state index is -0.313. The maximum absolute atomic E-state index is 12.8. The molecule has 1 aromatic carbocycles. The van der Waals surface area contributed by atoms with Gasteiger partial charge in [-0.2, -0.15) is 0 Å². The van der Waals surface area contributed by atoms with Crippen LogP contribution in [0.1, 0.15) is 24.3 Å². The molecule has 1 saturated heterocycles. The topological polar surface area (TPSA) is 77.1 Å². The third-order valence-corrected chi connectivity index (χ3v) is 5.34. The number of benzene rings is 1. The van der Waals surface area contributed by atoms with Gasteiger partial charge < -0.3 is 24.4 Å². The van der Waals surface area contributed by atoms with Crippen molar-refractivity contribution in [3.63, 3.8) is 0 Å². The molecule has 0 bridgehead atoms.